The quantitative estimate of drug-likeness (QED) is 0.858. The first-order valence-corrected chi connectivity index (χ1v) is 6.73. The summed E-state index contributed by atoms with van der Waals surface area (Å²) in [5, 5.41) is 12.6. The lowest BCUT2D eigenvalue weighted by atomic mass is 10.0. The second kappa shape index (κ2) is 6.50. The number of rotatable bonds is 5. The molecule has 0 aliphatic heterocycles. The molecule has 100 valence electrons. The van der Waals surface area contributed by atoms with E-state index in [0.717, 1.165) is 0 Å². The SMILES string of the molecule is CC(O)CNC(C)c1ccc(-c2ccccc2)cc1. The highest BCUT2D eigenvalue weighted by atomic mass is 16.3. The summed E-state index contributed by atoms with van der Waals surface area (Å²) in [5.41, 5.74) is 3.70. The molecule has 0 aliphatic rings. The minimum absolute atomic E-state index is 0.249. The van der Waals surface area contributed by atoms with Crippen LogP contribution in [0.5, 0.6) is 0 Å². The number of hydrogen-bond donors (Lipinski definition) is 2. The standard InChI is InChI=1S/C17H21NO/c1-13(19)12-18-14(2)15-8-10-17(11-9-15)16-6-4-3-5-7-16/h3-11,13-14,18-19H,12H2,1-2H3. The zero-order chi connectivity index (χ0) is 13.7. The van der Waals surface area contributed by atoms with Crippen LogP contribution in [0.4, 0.5) is 0 Å². The van der Waals surface area contributed by atoms with E-state index < -0.39 is 0 Å². The topological polar surface area (TPSA) is 32.3 Å². The van der Waals surface area contributed by atoms with Crippen LogP contribution in [0, 0.1) is 0 Å². The molecule has 0 saturated carbocycles. The van der Waals surface area contributed by atoms with Gasteiger partial charge in [-0.05, 0) is 30.5 Å². The molecule has 0 saturated heterocycles. The Bertz CT molecular complexity index is 490. The minimum Gasteiger partial charge on any atom is -0.392 e. The molecule has 0 aromatic heterocycles. The molecule has 0 heterocycles. The number of nitrogens with one attached hydrogen (secondary N) is 1. The van der Waals surface area contributed by atoms with E-state index in [9.17, 15) is 5.11 Å². The fourth-order valence-electron chi connectivity index (χ4n) is 2.06. The number of aliphatic hydroxyl groups is 1. The van der Waals surface area contributed by atoms with Crippen LogP contribution in [0.1, 0.15) is 25.5 Å². The highest BCUT2D eigenvalue weighted by molar-refractivity contribution is 5.63. The van der Waals surface area contributed by atoms with Gasteiger partial charge in [0.25, 0.3) is 0 Å². The van der Waals surface area contributed by atoms with E-state index in [-0.39, 0.29) is 12.1 Å². The van der Waals surface area contributed by atoms with Gasteiger partial charge in [-0.15, -0.1) is 0 Å². The van der Waals surface area contributed by atoms with Crippen molar-refractivity contribution < 1.29 is 5.11 Å². The van der Waals surface area contributed by atoms with Crippen molar-refractivity contribution in [2.24, 2.45) is 0 Å². The number of aliphatic hydroxyl groups excluding tert-OH is 1. The van der Waals surface area contributed by atoms with Crippen LogP contribution in [0.15, 0.2) is 54.6 Å². The molecule has 0 amide bonds. The molecular weight excluding hydrogens is 234 g/mol. The molecule has 0 spiro atoms. The van der Waals surface area contributed by atoms with E-state index in [0.29, 0.717) is 6.54 Å². The lowest BCUT2D eigenvalue weighted by Gasteiger charge is -2.16. The predicted molar refractivity (Wildman–Crippen MR) is 80.0 cm³/mol. The fourth-order valence-corrected chi connectivity index (χ4v) is 2.06. The number of benzene rings is 2. The van der Waals surface area contributed by atoms with Gasteiger partial charge in [0.1, 0.15) is 0 Å². The van der Waals surface area contributed by atoms with E-state index >= 15 is 0 Å². The van der Waals surface area contributed by atoms with Crippen molar-refractivity contribution in [2.45, 2.75) is 26.0 Å². The first kappa shape index (κ1) is 13.8. The van der Waals surface area contributed by atoms with Crippen molar-refractivity contribution in [3.05, 3.63) is 60.2 Å². The summed E-state index contributed by atoms with van der Waals surface area (Å²) in [6.45, 7) is 4.51. The normalized spacial score (nSPS) is 14.1. The molecule has 2 aromatic rings. The van der Waals surface area contributed by atoms with Crippen LogP contribution in [-0.2, 0) is 0 Å². The Balaban J connectivity index is 2.06. The van der Waals surface area contributed by atoms with Crippen LogP contribution in [0.2, 0.25) is 0 Å². The van der Waals surface area contributed by atoms with Gasteiger partial charge in [0.2, 0.25) is 0 Å². The third-order valence-corrected chi connectivity index (χ3v) is 3.24. The smallest absolute Gasteiger partial charge is 0.0636 e. The van der Waals surface area contributed by atoms with Crippen LogP contribution in [-0.4, -0.2) is 17.8 Å². The van der Waals surface area contributed by atoms with Crippen molar-refractivity contribution >= 4 is 0 Å². The minimum atomic E-state index is -0.314. The summed E-state index contributed by atoms with van der Waals surface area (Å²) in [4.78, 5) is 0. The summed E-state index contributed by atoms with van der Waals surface area (Å²) in [6, 6.07) is 19.2. The van der Waals surface area contributed by atoms with Gasteiger partial charge >= 0.3 is 0 Å². The molecule has 19 heavy (non-hydrogen) atoms. The largest absolute Gasteiger partial charge is 0.392 e. The molecule has 2 nitrogen and oxygen atoms in total. The van der Waals surface area contributed by atoms with E-state index in [4.69, 9.17) is 0 Å². The van der Waals surface area contributed by atoms with E-state index in [1.165, 1.54) is 16.7 Å². The average molecular weight is 255 g/mol. The van der Waals surface area contributed by atoms with Gasteiger partial charge in [0, 0.05) is 12.6 Å². The molecule has 0 fully saturated rings. The van der Waals surface area contributed by atoms with E-state index in [2.05, 4.69) is 60.8 Å². The fraction of sp³-hybridized carbons (Fsp3) is 0.294. The average Bonchev–Trinajstić information content (AvgIpc) is 2.46. The lowest BCUT2D eigenvalue weighted by molar-refractivity contribution is 0.187. The third-order valence-electron chi connectivity index (χ3n) is 3.24. The molecule has 2 rings (SSSR count). The Morgan fingerprint density at radius 3 is 2.05 bits per heavy atom. The number of hydrogen-bond acceptors (Lipinski definition) is 2. The maximum atomic E-state index is 9.28. The van der Waals surface area contributed by atoms with Gasteiger partial charge in [0.15, 0.2) is 0 Å². The zero-order valence-electron chi connectivity index (χ0n) is 11.5. The van der Waals surface area contributed by atoms with E-state index in [1.54, 1.807) is 6.92 Å². The maximum Gasteiger partial charge on any atom is 0.0636 e. The van der Waals surface area contributed by atoms with Gasteiger partial charge in [0.05, 0.1) is 6.10 Å². The van der Waals surface area contributed by atoms with Gasteiger partial charge in [-0.3, -0.25) is 0 Å². The van der Waals surface area contributed by atoms with Crippen LogP contribution in [0.3, 0.4) is 0 Å². The van der Waals surface area contributed by atoms with Crippen molar-refractivity contribution in [3.63, 3.8) is 0 Å². The van der Waals surface area contributed by atoms with Gasteiger partial charge < -0.3 is 10.4 Å². The predicted octanol–water partition coefficient (Wildman–Crippen LogP) is 3.39. The van der Waals surface area contributed by atoms with Crippen LogP contribution < -0.4 is 5.32 Å². The molecule has 0 aliphatic carbocycles. The van der Waals surface area contributed by atoms with Gasteiger partial charge in [-0.1, -0.05) is 54.6 Å². The van der Waals surface area contributed by atoms with Crippen molar-refractivity contribution in [3.8, 4) is 11.1 Å². The zero-order valence-corrected chi connectivity index (χ0v) is 11.5. The van der Waals surface area contributed by atoms with Crippen molar-refractivity contribution in [1.82, 2.24) is 5.32 Å². The monoisotopic (exact) mass is 255 g/mol. The molecular formula is C17H21NO. The molecule has 2 heteroatoms. The molecule has 2 N–H and O–H groups in total. The third kappa shape index (κ3) is 3.91. The molecule has 2 atom stereocenters. The second-order valence-electron chi connectivity index (χ2n) is 4.97. The van der Waals surface area contributed by atoms with E-state index in [1.807, 2.05) is 6.07 Å². The van der Waals surface area contributed by atoms with Crippen LogP contribution in [0.25, 0.3) is 11.1 Å². The summed E-state index contributed by atoms with van der Waals surface area (Å²) in [6.07, 6.45) is -0.314. The maximum absolute atomic E-state index is 9.28. The summed E-state index contributed by atoms with van der Waals surface area (Å²) in [5.74, 6) is 0. The van der Waals surface area contributed by atoms with Crippen molar-refractivity contribution in [2.75, 3.05) is 6.54 Å². The molecule has 2 unspecified atom stereocenters. The Morgan fingerprint density at radius 2 is 1.47 bits per heavy atom. The van der Waals surface area contributed by atoms with Crippen molar-refractivity contribution in [1.29, 1.82) is 0 Å². The Hall–Kier alpha value is -1.64. The lowest BCUT2D eigenvalue weighted by Crippen LogP contribution is -2.27. The first-order chi connectivity index (χ1) is 9.16. The Morgan fingerprint density at radius 1 is 0.895 bits per heavy atom. The van der Waals surface area contributed by atoms with Gasteiger partial charge in [-0.2, -0.15) is 0 Å². The Labute approximate surface area is 115 Å². The summed E-state index contributed by atoms with van der Waals surface area (Å²) < 4.78 is 0. The highest BCUT2D eigenvalue weighted by Gasteiger charge is 2.06. The van der Waals surface area contributed by atoms with Gasteiger partial charge in [-0.25, -0.2) is 0 Å². The molecule has 0 bridgehead atoms. The van der Waals surface area contributed by atoms with Crippen LogP contribution >= 0.6 is 0 Å². The molecule has 0 radical (unpaired) electrons. The summed E-state index contributed by atoms with van der Waals surface area (Å²) >= 11 is 0. The first-order valence-electron chi connectivity index (χ1n) is 6.73. The Kier molecular flexibility index (Phi) is 4.72. The highest BCUT2D eigenvalue weighted by Crippen LogP contribution is 2.21. The summed E-state index contributed by atoms with van der Waals surface area (Å²) in [7, 11) is 0. The second-order valence-corrected chi connectivity index (χ2v) is 4.97. The molecule has 2 aromatic carbocycles.